The third-order valence-electron chi connectivity index (χ3n) is 14.2. The van der Waals surface area contributed by atoms with E-state index in [2.05, 4.69) is 45.0 Å². The van der Waals surface area contributed by atoms with Gasteiger partial charge >= 0.3 is 18.0 Å². The van der Waals surface area contributed by atoms with E-state index in [0.717, 1.165) is 96.7 Å². The van der Waals surface area contributed by atoms with Crippen molar-refractivity contribution in [2.24, 2.45) is 17.3 Å². The first-order valence-corrected chi connectivity index (χ1v) is 24.1. The topological polar surface area (TPSA) is 108 Å². The van der Waals surface area contributed by atoms with Crippen molar-refractivity contribution in [3.8, 4) is 0 Å². The van der Waals surface area contributed by atoms with Crippen LogP contribution in [0.15, 0.2) is 29.2 Å². The van der Waals surface area contributed by atoms with Crippen LogP contribution >= 0.6 is 0 Å². The number of halogens is 2. The summed E-state index contributed by atoms with van der Waals surface area (Å²) in [4.78, 5) is 27.1. The van der Waals surface area contributed by atoms with Crippen molar-refractivity contribution in [3.05, 3.63) is 29.8 Å². The summed E-state index contributed by atoms with van der Waals surface area (Å²) in [6, 6.07) is 9.21. The minimum Gasteiger partial charge on any atom is -0.461 e. The van der Waals surface area contributed by atoms with Gasteiger partial charge < -0.3 is 37.9 Å². The SMILES string of the molecule is CC(C)(C)c1ccc([S+]2CCOCC2)cc1.CC(F)(F)C(=O)OCC12CC3CC(C1)CC(OC(=O)OC(C1COC4(CCCCC4)O1)C1COC4(CCCCC4)O1)(C3)C2. The Morgan fingerprint density at radius 2 is 1.34 bits per heavy atom. The molecule has 10 rings (SSSR count). The maximum atomic E-state index is 13.7. The second-order valence-corrected chi connectivity index (χ2v) is 22.5. The molecular weight excluding hydrogens is 783 g/mol. The Balaban J connectivity index is 0.000000254. The van der Waals surface area contributed by atoms with Gasteiger partial charge in [-0.1, -0.05) is 45.7 Å². The number of rotatable bonds is 8. The molecule has 9 fully saturated rings. The van der Waals surface area contributed by atoms with Crippen molar-refractivity contribution in [2.45, 2.75) is 182 Å². The number of carbonyl (C=O) groups is 2. The number of alkyl halides is 2. The van der Waals surface area contributed by atoms with Gasteiger partial charge in [-0.15, -0.1) is 0 Å². The Kier molecular flexibility index (Phi) is 12.8. The molecule has 13 heteroatoms. The summed E-state index contributed by atoms with van der Waals surface area (Å²) in [5.74, 6) is -3.37. The Bertz CT molecular complexity index is 1560. The number of ether oxygens (including phenoxy) is 8. The molecule has 0 radical (unpaired) electrons. The van der Waals surface area contributed by atoms with Gasteiger partial charge in [-0.05, 0) is 99.2 Å². The molecule has 0 aromatic heterocycles. The van der Waals surface area contributed by atoms with E-state index in [1.165, 1.54) is 22.0 Å². The lowest BCUT2D eigenvalue weighted by molar-refractivity contribution is -0.225. The third kappa shape index (κ3) is 10.1. The van der Waals surface area contributed by atoms with Gasteiger partial charge in [0.2, 0.25) is 0 Å². The molecule has 4 bridgehead atoms. The highest BCUT2D eigenvalue weighted by Gasteiger charge is 2.61. The van der Waals surface area contributed by atoms with Crippen LogP contribution in [0.2, 0.25) is 0 Å². The first-order chi connectivity index (χ1) is 28.1. The van der Waals surface area contributed by atoms with Gasteiger partial charge in [-0.3, -0.25) is 0 Å². The lowest BCUT2D eigenvalue weighted by Crippen LogP contribution is -2.59. The maximum Gasteiger partial charge on any atom is 0.509 e. The smallest absolute Gasteiger partial charge is 0.461 e. The van der Waals surface area contributed by atoms with Gasteiger partial charge in [0.05, 0.1) is 33.0 Å². The molecule has 59 heavy (non-hydrogen) atoms. The summed E-state index contributed by atoms with van der Waals surface area (Å²) >= 11 is 0. The number of hydrogen-bond donors (Lipinski definition) is 0. The monoisotopic (exact) mass is 849 g/mol. The molecule has 6 saturated carbocycles. The van der Waals surface area contributed by atoms with Crippen molar-refractivity contribution in [3.63, 3.8) is 0 Å². The molecule has 9 aliphatic rings. The number of carbonyl (C=O) groups excluding carboxylic acids is 2. The molecule has 0 N–H and O–H groups in total. The molecule has 4 atom stereocenters. The van der Waals surface area contributed by atoms with E-state index in [4.69, 9.17) is 37.9 Å². The minimum atomic E-state index is -3.54. The average Bonchev–Trinajstić information content (AvgIpc) is 3.79. The van der Waals surface area contributed by atoms with E-state index < -0.39 is 58.9 Å². The molecule has 0 amide bonds. The number of benzene rings is 1. The lowest BCUT2D eigenvalue weighted by Gasteiger charge is -2.60. The molecule has 1 aromatic rings. The van der Waals surface area contributed by atoms with Gasteiger partial charge in [0, 0.05) is 48.9 Å². The summed E-state index contributed by atoms with van der Waals surface area (Å²) < 4.78 is 75.5. The van der Waals surface area contributed by atoms with Crippen LogP contribution < -0.4 is 0 Å². The zero-order valence-corrected chi connectivity index (χ0v) is 36.5. The highest BCUT2D eigenvalue weighted by Crippen LogP contribution is 2.63. The van der Waals surface area contributed by atoms with Crippen LogP contribution in [0.5, 0.6) is 0 Å². The van der Waals surface area contributed by atoms with E-state index in [-0.39, 0.29) is 23.9 Å². The van der Waals surface area contributed by atoms with Crippen molar-refractivity contribution >= 4 is 23.0 Å². The zero-order chi connectivity index (χ0) is 41.5. The Morgan fingerprint density at radius 3 is 1.85 bits per heavy atom. The Labute approximate surface area is 352 Å². The lowest BCUT2D eigenvalue weighted by atomic mass is 9.48. The van der Waals surface area contributed by atoms with E-state index in [9.17, 15) is 18.4 Å². The zero-order valence-electron chi connectivity index (χ0n) is 35.7. The number of hydrogen-bond acceptors (Lipinski definition) is 10. The molecule has 6 aliphatic carbocycles. The summed E-state index contributed by atoms with van der Waals surface area (Å²) in [6.45, 7) is 9.73. The fourth-order valence-corrected chi connectivity index (χ4v) is 13.6. The second-order valence-electron chi connectivity index (χ2n) is 20.2. The van der Waals surface area contributed by atoms with E-state index in [1.807, 2.05) is 0 Å². The van der Waals surface area contributed by atoms with Crippen LogP contribution in [0, 0.1) is 17.3 Å². The van der Waals surface area contributed by atoms with Crippen molar-refractivity contribution in [1.82, 2.24) is 0 Å². The summed E-state index contributed by atoms with van der Waals surface area (Å²) in [5.41, 5.74) is 0.434. The average molecular weight is 850 g/mol. The summed E-state index contributed by atoms with van der Waals surface area (Å²) in [5, 5.41) is 0. The van der Waals surface area contributed by atoms with Crippen molar-refractivity contribution in [1.29, 1.82) is 0 Å². The first-order valence-electron chi connectivity index (χ1n) is 22.5. The van der Waals surface area contributed by atoms with Gasteiger partial charge in [-0.25, -0.2) is 9.59 Å². The van der Waals surface area contributed by atoms with E-state index in [1.54, 1.807) is 0 Å². The predicted molar refractivity (Wildman–Crippen MR) is 217 cm³/mol. The first kappa shape index (κ1) is 43.6. The summed E-state index contributed by atoms with van der Waals surface area (Å²) in [6.07, 6.45) is 11.6. The fraction of sp³-hybridized carbons (Fsp3) is 0.826. The van der Waals surface area contributed by atoms with Gasteiger partial charge in [0.1, 0.15) is 29.3 Å². The van der Waals surface area contributed by atoms with Crippen LogP contribution in [0.4, 0.5) is 13.6 Å². The fourth-order valence-electron chi connectivity index (χ4n) is 11.8. The largest absolute Gasteiger partial charge is 0.509 e. The van der Waals surface area contributed by atoms with E-state index >= 15 is 0 Å². The maximum absolute atomic E-state index is 13.7. The van der Waals surface area contributed by atoms with Crippen molar-refractivity contribution in [2.75, 3.05) is 44.5 Å². The Morgan fingerprint density at radius 1 is 0.797 bits per heavy atom. The molecule has 3 heterocycles. The normalized spacial score (nSPS) is 34.3. The molecule has 10 nitrogen and oxygen atoms in total. The molecule has 3 saturated heterocycles. The van der Waals surface area contributed by atoms with Crippen LogP contribution in [0.3, 0.4) is 0 Å². The van der Waals surface area contributed by atoms with Crippen LogP contribution in [0.25, 0.3) is 0 Å². The highest BCUT2D eigenvalue weighted by atomic mass is 32.2. The predicted octanol–water partition coefficient (Wildman–Crippen LogP) is 9.19. The van der Waals surface area contributed by atoms with Crippen molar-refractivity contribution < 1.29 is 56.3 Å². The molecule has 1 aromatic carbocycles. The third-order valence-corrected chi connectivity index (χ3v) is 16.5. The molecule has 4 unspecified atom stereocenters. The van der Waals surface area contributed by atoms with Gasteiger partial charge in [-0.2, -0.15) is 8.78 Å². The van der Waals surface area contributed by atoms with Crippen LogP contribution in [0.1, 0.15) is 136 Å². The number of esters is 1. The van der Waals surface area contributed by atoms with E-state index in [0.29, 0.717) is 50.3 Å². The standard InChI is InChI=1S/C32H46F2O9.C14H21OS/c1-28(33,34)26(35)37-20-29-13-21-12-22(14-29)16-30(15-21,19-29)43-27(36)40-25(23-17-38-31(41-23)8-4-2-5-9-31)24-18-39-32(42-24)10-6-3-7-11-32;1-14(2,3)12-4-6-13(7-5-12)16-10-8-15-9-11-16/h21-25H,2-20H2,1H3;4-7H,8-11H2,1-3H3/q;+1. The summed E-state index contributed by atoms with van der Waals surface area (Å²) in [7, 11) is 0.432. The molecule has 2 spiro atoms. The highest BCUT2D eigenvalue weighted by molar-refractivity contribution is 7.97. The molecule has 330 valence electrons. The van der Waals surface area contributed by atoms with Gasteiger partial charge in [0.25, 0.3) is 0 Å². The Hall–Kier alpha value is -2.03. The van der Waals surface area contributed by atoms with Gasteiger partial charge in [0.15, 0.2) is 22.6 Å². The quantitative estimate of drug-likeness (QED) is 0.186. The van der Waals surface area contributed by atoms with Crippen LogP contribution in [-0.4, -0.2) is 98.1 Å². The minimum absolute atomic E-state index is 0.0876. The molecular formula is C46H67F2O10S+. The van der Waals surface area contributed by atoms with Crippen LogP contribution in [-0.2, 0) is 59.0 Å². The molecule has 3 aliphatic heterocycles. The second kappa shape index (κ2) is 17.3.